The van der Waals surface area contributed by atoms with Crippen molar-refractivity contribution in [2.45, 2.75) is 127 Å². The average molecular weight is 594 g/mol. The van der Waals surface area contributed by atoms with Gasteiger partial charge in [0.15, 0.2) is 4.90 Å². The summed E-state index contributed by atoms with van der Waals surface area (Å²) in [5.41, 5.74) is -0.505. The van der Waals surface area contributed by atoms with E-state index in [4.69, 9.17) is 14.2 Å². The molecule has 0 amide bonds. The van der Waals surface area contributed by atoms with Crippen LogP contribution in [0.4, 0.5) is 4.79 Å². The van der Waals surface area contributed by atoms with E-state index in [2.05, 4.69) is 43.3 Å². The molecule has 1 saturated heterocycles. The van der Waals surface area contributed by atoms with Gasteiger partial charge in [0.1, 0.15) is 28.5 Å². The lowest BCUT2D eigenvalue weighted by Gasteiger charge is -2.31. The van der Waals surface area contributed by atoms with Crippen molar-refractivity contribution >= 4 is 27.8 Å². The molecule has 2 aromatic carbocycles. The highest BCUT2D eigenvalue weighted by atomic mass is 32.2. The molecule has 0 N–H and O–H groups in total. The Morgan fingerprint density at radius 3 is 2.24 bits per heavy atom. The van der Waals surface area contributed by atoms with Gasteiger partial charge < -0.3 is 14.2 Å². The zero-order valence-corrected chi connectivity index (χ0v) is 27.3. The molecular formula is C37H53O4S+. The normalized spacial score (nSPS) is 33.0. The minimum atomic E-state index is -0.505. The van der Waals surface area contributed by atoms with E-state index in [-0.39, 0.29) is 17.0 Å². The molecule has 4 nitrogen and oxygen atoms in total. The molecule has 6 atom stereocenters. The van der Waals surface area contributed by atoms with E-state index in [1.807, 2.05) is 20.8 Å². The highest BCUT2D eigenvalue weighted by Gasteiger charge is 2.56. The van der Waals surface area contributed by atoms with Crippen LogP contribution in [0.3, 0.4) is 0 Å². The summed E-state index contributed by atoms with van der Waals surface area (Å²) in [4.78, 5) is 13.8. The van der Waals surface area contributed by atoms with Crippen molar-refractivity contribution < 1.29 is 19.0 Å². The van der Waals surface area contributed by atoms with E-state index < -0.39 is 11.8 Å². The van der Waals surface area contributed by atoms with Crippen LogP contribution in [0.1, 0.15) is 105 Å². The molecule has 2 aromatic rings. The molecule has 5 fully saturated rings. The summed E-state index contributed by atoms with van der Waals surface area (Å²) in [5.74, 6) is 6.59. The molecule has 0 spiro atoms. The van der Waals surface area contributed by atoms with Gasteiger partial charge in [0.2, 0.25) is 0 Å². The van der Waals surface area contributed by atoms with Gasteiger partial charge in [0.05, 0.1) is 6.61 Å². The topological polar surface area (TPSA) is 44.8 Å². The predicted octanol–water partition coefficient (Wildman–Crippen LogP) is 9.72. The van der Waals surface area contributed by atoms with Gasteiger partial charge in [-0.1, -0.05) is 57.2 Å². The van der Waals surface area contributed by atoms with Crippen LogP contribution in [-0.2, 0) is 20.4 Å². The summed E-state index contributed by atoms with van der Waals surface area (Å²) in [5, 5.41) is 3.40. The van der Waals surface area contributed by atoms with Gasteiger partial charge in [0, 0.05) is 34.0 Å². The number of ether oxygens (including phenoxy) is 3. The maximum Gasteiger partial charge on any atom is 0.509 e. The van der Waals surface area contributed by atoms with Crippen molar-refractivity contribution in [2.75, 3.05) is 12.4 Å². The Balaban J connectivity index is 0.000000389. The standard InChI is InChI=1S/C30H41O4S.C7H12/c1-5-6-15-32-25-13-14-28(23-11-8-7-10-22(23)25)35-16-9-12-27(35)24-18-21-17-20(24)19-26(21)33-29(31)34-30(2,3)4;1-2-7-4-3-6(1)5-7/h7-8,10-11,13-14,20-21,24,26-27H,5-6,9,12,15-19H2,1-4H3;6-7H,1-5H2/q+1;. The first kappa shape index (κ1) is 30.2. The molecule has 4 bridgehead atoms. The molecule has 42 heavy (non-hydrogen) atoms. The third-order valence-corrected chi connectivity index (χ3v) is 13.7. The Morgan fingerprint density at radius 1 is 0.881 bits per heavy atom. The molecule has 0 aromatic heterocycles. The highest BCUT2D eigenvalue weighted by Crippen LogP contribution is 2.55. The summed E-state index contributed by atoms with van der Waals surface area (Å²) >= 11 is 0. The second-order valence-electron chi connectivity index (χ2n) is 14.8. The van der Waals surface area contributed by atoms with Crippen LogP contribution in [0.2, 0.25) is 0 Å². The smallest absolute Gasteiger partial charge is 0.493 e. The summed E-state index contributed by atoms with van der Waals surface area (Å²) in [6.45, 7) is 8.65. The first-order valence-corrected chi connectivity index (χ1v) is 18.5. The molecule has 1 heterocycles. The van der Waals surface area contributed by atoms with Gasteiger partial charge >= 0.3 is 6.16 Å². The van der Waals surface area contributed by atoms with Gasteiger partial charge in [-0.3, -0.25) is 0 Å². The van der Waals surface area contributed by atoms with Crippen LogP contribution in [0, 0.1) is 29.6 Å². The zero-order valence-electron chi connectivity index (χ0n) is 26.4. The summed E-state index contributed by atoms with van der Waals surface area (Å²) in [6.07, 6.45) is 15.7. The van der Waals surface area contributed by atoms with E-state index in [1.165, 1.54) is 58.9 Å². The lowest BCUT2D eigenvalue weighted by atomic mass is 9.83. The van der Waals surface area contributed by atoms with Crippen molar-refractivity contribution in [3.8, 4) is 5.75 Å². The summed E-state index contributed by atoms with van der Waals surface area (Å²) in [6, 6.07) is 13.4. The number of fused-ring (bicyclic) bond motifs is 5. The quantitative estimate of drug-likeness (QED) is 0.182. The van der Waals surface area contributed by atoms with Gasteiger partial charge in [-0.15, -0.1) is 0 Å². The van der Waals surface area contributed by atoms with Crippen LogP contribution in [-0.4, -0.2) is 35.5 Å². The van der Waals surface area contributed by atoms with Crippen LogP contribution < -0.4 is 4.74 Å². The zero-order chi connectivity index (χ0) is 29.3. The van der Waals surface area contributed by atoms with Crippen molar-refractivity contribution in [2.24, 2.45) is 29.6 Å². The molecule has 230 valence electrons. The molecule has 0 radical (unpaired) electrons. The number of carbonyl (C=O) groups excluding carboxylic acids is 1. The molecule has 7 rings (SSSR count). The molecule has 5 aliphatic rings. The van der Waals surface area contributed by atoms with E-state index >= 15 is 0 Å². The van der Waals surface area contributed by atoms with E-state index in [1.54, 1.807) is 32.1 Å². The monoisotopic (exact) mass is 593 g/mol. The second-order valence-corrected chi connectivity index (χ2v) is 17.1. The fourth-order valence-electron chi connectivity index (χ4n) is 8.80. The predicted molar refractivity (Wildman–Crippen MR) is 173 cm³/mol. The van der Waals surface area contributed by atoms with Crippen molar-refractivity contribution in [3.05, 3.63) is 36.4 Å². The molecule has 1 aliphatic heterocycles. The summed E-state index contributed by atoms with van der Waals surface area (Å²) < 4.78 is 17.4. The number of hydrogen-bond acceptors (Lipinski definition) is 4. The molecule has 6 unspecified atom stereocenters. The number of hydrogen-bond donors (Lipinski definition) is 0. The number of rotatable bonds is 7. The van der Waals surface area contributed by atoms with Crippen molar-refractivity contribution in [1.29, 1.82) is 0 Å². The van der Waals surface area contributed by atoms with E-state index in [9.17, 15) is 4.79 Å². The highest BCUT2D eigenvalue weighted by molar-refractivity contribution is 7.98. The van der Waals surface area contributed by atoms with Crippen LogP contribution in [0.25, 0.3) is 10.8 Å². The Labute approximate surface area is 257 Å². The fraction of sp³-hybridized carbons (Fsp3) is 0.703. The minimum Gasteiger partial charge on any atom is -0.493 e. The Kier molecular flexibility index (Phi) is 9.34. The van der Waals surface area contributed by atoms with Gasteiger partial charge in [-0.05, 0) is 101 Å². The Bertz CT molecular complexity index is 1200. The van der Waals surface area contributed by atoms with Gasteiger partial charge in [-0.2, -0.15) is 0 Å². The number of benzene rings is 2. The van der Waals surface area contributed by atoms with E-state index in [0.717, 1.165) is 42.8 Å². The first-order valence-electron chi connectivity index (χ1n) is 17.0. The van der Waals surface area contributed by atoms with E-state index in [0.29, 0.717) is 11.8 Å². The third kappa shape index (κ3) is 6.76. The maximum atomic E-state index is 12.2. The molecule has 4 saturated carbocycles. The fourth-order valence-corrected chi connectivity index (χ4v) is 12.0. The van der Waals surface area contributed by atoms with Gasteiger partial charge in [-0.25, -0.2) is 4.79 Å². The number of unbranched alkanes of at least 4 members (excludes halogenated alkanes) is 1. The SMILES string of the molecule is C1CC2CCC1C2.CCCCOc1ccc([S+]2CCCC2C2CC3CC2CC3OC(=O)OC(C)(C)C)c2ccccc12. The minimum absolute atomic E-state index is 0.0367. The summed E-state index contributed by atoms with van der Waals surface area (Å²) in [7, 11) is 0.266. The van der Waals surface area contributed by atoms with Crippen LogP contribution in [0.5, 0.6) is 5.75 Å². The lowest BCUT2D eigenvalue weighted by Crippen LogP contribution is -2.36. The van der Waals surface area contributed by atoms with Crippen LogP contribution >= 0.6 is 0 Å². The first-order chi connectivity index (χ1) is 20.3. The Hall–Kier alpha value is -1.88. The lowest BCUT2D eigenvalue weighted by molar-refractivity contribution is -0.0406. The van der Waals surface area contributed by atoms with Gasteiger partial charge in [0.25, 0.3) is 0 Å². The maximum absolute atomic E-state index is 12.2. The van der Waals surface area contributed by atoms with Crippen molar-refractivity contribution in [3.63, 3.8) is 0 Å². The number of carbonyl (C=O) groups is 1. The third-order valence-electron chi connectivity index (χ3n) is 10.7. The molecule has 4 aliphatic carbocycles. The van der Waals surface area contributed by atoms with Crippen LogP contribution in [0.15, 0.2) is 41.3 Å². The molecular weight excluding hydrogens is 540 g/mol. The van der Waals surface area contributed by atoms with Crippen molar-refractivity contribution in [1.82, 2.24) is 0 Å². The Morgan fingerprint density at radius 2 is 1.62 bits per heavy atom. The molecule has 5 heteroatoms. The average Bonchev–Trinajstić information content (AvgIpc) is 3.80. The largest absolute Gasteiger partial charge is 0.509 e. The second kappa shape index (κ2) is 13.0.